The van der Waals surface area contributed by atoms with Gasteiger partial charge in [-0.3, -0.25) is 0 Å². The molecule has 0 saturated heterocycles. The molecule has 64 valence electrons. The van der Waals surface area contributed by atoms with Crippen molar-refractivity contribution in [3.8, 4) is 5.88 Å². The van der Waals surface area contributed by atoms with Crippen LogP contribution in [0.3, 0.4) is 0 Å². The van der Waals surface area contributed by atoms with E-state index in [1.165, 1.54) is 0 Å². The molecule has 0 amide bonds. The summed E-state index contributed by atoms with van der Waals surface area (Å²) in [6.45, 7) is 3.66. The van der Waals surface area contributed by atoms with E-state index in [4.69, 9.17) is 11.6 Å². The van der Waals surface area contributed by atoms with Crippen LogP contribution in [-0.2, 0) is 0 Å². The van der Waals surface area contributed by atoms with Crippen LogP contribution < -0.4 is 4.74 Å². The molecule has 0 fully saturated rings. The normalized spacial score (nSPS) is 9.58. The molecule has 5 heteroatoms. The molecule has 0 aliphatic rings. The number of carbonyl (C=O) groups excluding carboxylic acids is 1. The molecule has 0 aromatic carbocycles. The van der Waals surface area contributed by atoms with E-state index >= 15 is 0 Å². The molecule has 1 aromatic rings. The van der Waals surface area contributed by atoms with E-state index in [0.29, 0.717) is 0 Å². The van der Waals surface area contributed by atoms with Crippen LogP contribution in [0.1, 0.15) is 11.3 Å². The first kappa shape index (κ1) is 8.93. The first-order chi connectivity index (χ1) is 5.59. The summed E-state index contributed by atoms with van der Waals surface area (Å²) in [4.78, 5) is 10.3. The third-order valence-corrected chi connectivity index (χ3v) is 1.47. The zero-order valence-electron chi connectivity index (χ0n) is 6.67. The molecule has 0 bridgehead atoms. The molecule has 0 aliphatic carbocycles. The van der Waals surface area contributed by atoms with Crippen molar-refractivity contribution in [2.45, 2.75) is 13.8 Å². The first-order valence-corrected chi connectivity index (χ1v) is 3.65. The van der Waals surface area contributed by atoms with E-state index in [-0.39, 0.29) is 5.88 Å². The fourth-order valence-corrected chi connectivity index (χ4v) is 0.733. The molecule has 1 aromatic heterocycles. The van der Waals surface area contributed by atoms with Crippen molar-refractivity contribution in [3.05, 3.63) is 17.3 Å². The second-order valence-corrected chi connectivity index (χ2v) is 2.60. The predicted octanol–water partition coefficient (Wildman–Crippen LogP) is 1.83. The van der Waals surface area contributed by atoms with Crippen LogP contribution in [0.15, 0.2) is 6.07 Å². The quantitative estimate of drug-likeness (QED) is 0.628. The summed E-state index contributed by atoms with van der Waals surface area (Å²) in [5.74, 6) is 0.123. The van der Waals surface area contributed by atoms with Gasteiger partial charge in [0.05, 0.1) is 5.69 Å². The highest BCUT2D eigenvalue weighted by Crippen LogP contribution is 2.10. The predicted molar refractivity (Wildman–Crippen MR) is 43.4 cm³/mol. The van der Waals surface area contributed by atoms with Crippen molar-refractivity contribution in [2.75, 3.05) is 0 Å². The van der Waals surface area contributed by atoms with Crippen molar-refractivity contribution in [1.29, 1.82) is 0 Å². The first-order valence-electron chi connectivity index (χ1n) is 3.28. The van der Waals surface area contributed by atoms with Gasteiger partial charge in [-0.1, -0.05) is 0 Å². The Morgan fingerprint density at radius 2 is 2.17 bits per heavy atom. The monoisotopic (exact) mass is 186 g/mol. The summed E-state index contributed by atoms with van der Waals surface area (Å²) in [5, 5.41) is 7.35. The van der Waals surface area contributed by atoms with Crippen LogP contribution in [-0.4, -0.2) is 15.6 Å². The number of rotatable bonds is 1. The average molecular weight is 187 g/mol. The van der Waals surface area contributed by atoms with Crippen LogP contribution in [0.2, 0.25) is 0 Å². The molecule has 0 aliphatic heterocycles. The van der Waals surface area contributed by atoms with Gasteiger partial charge >= 0.3 is 5.43 Å². The lowest BCUT2D eigenvalue weighted by molar-refractivity contribution is 0.223. The van der Waals surface area contributed by atoms with Gasteiger partial charge in [-0.25, -0.2) is 4.79 Å². The molecule has 0 spiro atoms. The van der Waals surface area contributed by atoms with E-state index in [0.717, 1.165) is 11.3 Å². The Kier molecular flexibility index (Phi) is 2.60. The Morgan fingerprint density at radius 1 is 1.50 bits per heavy atom. The van der Waals surface area contributed by atoms with Crippen molar-refractivity contribution in [1.82, 2.24) is 10.2 Å². The van der Waals surface area contributed by atoms with Gasteiger partial charge in [0.25, 0.3) is 0 Å². The summed E-state index contributed by atoms with van der Waals surface area (Å²) in [6, 6.07) is 1.60. The Morgan fingerprint density at radius 3 is 2.67 bits per heavy atom. The lowest BCUT2D eigenvalue weighted by Crippen LogP contribution is -2.01. The van der Waals surface area contributed by atoms with Crippen molar-refractivity contribution in [3.63, 3.8) is 0 Å². The summed E-state index contributed by atoms with van der Waals surface area (Å²) in [5.41, 5.74) is 0.787. The smallest absolute Gasteiger partial charge is 0.394 e. The molecular formula is C7H7ClN2O2. The molecule has 0 atom stereocenters. The fraction of sp³-hybridized carbons (Fsp3) is 0.286. The average Bonchev–Trinajstić information content (AvgIpc) is 1.96. The number of carbonyl (C=O) groups is 1. The number of nitrogens with zero attached hydrogens (tertiary/aromatic N) is 2. The third-order valence-electron chi connectivity index (χ3n) is 1.39. The van der Waals surface area contributed by atoms with Gasteiger partial charge in [-0.15, -0.1) is 5.10 Å². The Balaban J connectivity index is 2.89. The van der Waals surface area contributed by atoms with E-state index in [1.54, 1.807) is 6.07 Å². The Hall–Kier alpha value is -1.16. The second kappa shape index (κ2) is 3.49. The lowest BCUT2D eigenvalue weighted by Gasteiger charge is -2.00. The number of halogens is 1. The van der Waals surface area contributed by atoms with Gasteiger partial charge in [-0.2, -0.15) is 5.10 Å². The number of aromatic nitrogens is 2. The Labute approximate surface area is 74.5 Å². The minimum atomic E-state index is -0.910. The Bertz CT molecular complexity index is 314. The topological polar surface area (TPSA) is 52.1 Å². The maximum Gasteiger partial charge on any atom is 0.410 e. The van der Waals surface area contributed by atoms with Gasteiger partial charge in [0.2, 0.25) is 5.88 Å². The van der Waals surface area contributed by atoms with Gasteiger partial charge in [-0.05, 0) is 19.4 Å². The van der Waals surface area contributed by atoms with Gasteiger partial charge < -0.3 is 4.74 Å². The zero-order valence-corrected chi connectivity index (χ0v) is 7.42. The molecule has 1 rings (SSSR count). The van der Waals surface area contributed by atoms with E-state index < -0.39 is 5.43 Å². The van der Waals surface area contributed by atoms with E-state index in [2.05, 4.69) is 14.9 Å². The lowest BCUT2D eigenvalue weighted by atomic mass is 10.2. The summed E-state index contributed by atoms with van der Waals surface area (Å²) in [6.07, 6.45) is 0. The van der Waals surface area contributed by atoms with Gasteiger partial charge in [0.15, 0.2) is 0 Å². The third kappa shape index (κ3) is 2.17. The SMILES string of the molecule is Cc1cc(OC(=O)Cl)nnc1C. The van der Waals surface area contributed by atoms with Crippen LogP contribution in [0, 0.1) is 13.8 Å². The molecular weight excluding hydrogens is 180 g/mol. The minimum Gasteiger partial charge on any atom is -0.394 e. The highest BCUT2D eigenvalue weighted by atomic mass is 35.5. The molecule has 12 heavy (non-hydrogen) atoms. The van der Waals surface area contributed by atoms with E-state index in [1.807, 2.05) is 13.8 Å². The molecule has 4 nitrogen and oxygen atoms in total. The standard InChI is InChI=1S/C7H7ClN2O2/c1-4-3-6(12-7(8)11)10-9-5(4)2/h3H,1-2H3. The number of hydrogen-bond donors (Lipinski definition) is 0. The maximum atomic E-state index is 10.3. The number of ether oxygens (including phenoxy) is 1. The molecule has 0 saturated carbocycles. The van der Waals surface area contributed by atoms with Gasteiger partial charge in [0.1, 0.15) is 0 Å². The number of aryl methyl sites for hydroxylation is 2. The summed E-state index contributed by atoms with van der Waals surface area (Å²) < 4.78 is 4.50. The van der Waals surface area contributed by atoms with Crippen molar-refractivity contribution in [2.24, 2.45) is 0 Å². The van der Waals surface area contributed by atoms with Crippen LogP contribution in [0.25, 0.3) is 0 Å². The largest absolute Gasteiger partial charge is 0.410 e. The van der Waals surface area contributed by atoms with Crippen molar-refractivity contribution >= 4 is 17.0 Å². The molecule has 1 heterocycles. The van der Waals surface area contributed by atoms with Crippen LogP contribution in [0.4, 0.5) is 4.79 Å². The zero-order chi connectivity index (χ0) is 9.14. The van der Waals surface area contributed by atoms with Gasteiger partial charge in [0, 0.05) is 17.7 Å². The van der Waals surface area contributed by atoms with Crippen LogP contribution in [0.5, 0.6) is 5.88 Å². The molecule has 0 N–H and O–H groups in total. The van der Waals surface area contributed by atoms with E-state index in [9.17, 15) is 4.79 Å². The van der Waals surface area contributed by atoms with Crippen molar-refractivity contribution < 1.29 is 9.53 Å². The number of hydrogen-bond acceptors (Lipinski definition) is 4. The van der Waals surface area contributed by atoms with Crippen LogP contribution >= 0.6 is 11.6 Å². The minimum absolute atomic E-state index is 0.123. The summed E-state index contributed by atoms with van der Waals surface area (Å²) >= 11 is 4.98. The highest BCUT2D eigenvalue weighted by Gasteiger charge is 2.03. The summed E-state index contributed by atoms with van der Waals surface area (Å²) in [7, 11) is 0. The highest BCUT2D eigenvalue weighted by molar-refractivity contribution is 6.61. The molecule has 0 radical (unpaired) electrons. The second-order valence-electron chi connectivity index (χ2n) is 2.29. The molecule has 0 unspecified atom stereocenters. The maximum absolute atomic E-state index is 10.3. The fourth-order valence-electron chi connectivity index (χ4n) is 0.654.